The van der Waals surface area contributed by atoms with Crippen molar-refractivity contribution in [2.24, 2.45) is 5.92 Å². The van der Waals surface area contributed by atoms with Crippen molar-refractivity contribution in [2.75, 3.05) is 19.7 Å². The van der Waals surface area contributed by atoms with Crippen LogP contribution in [-0.4, -0.2) is 41.0 Å². The molecule has 0 radical (unpaired) electrons. The number of rotatable bonds is 5. The van der Waals surface area contributed by atoms with Crippen molar-refractivity contribution in [3.05, 3.63) is 24.5 Å². The molecule has 1 aromatic rings. The number of hydrogen-bond donors (Lipinski definition) is 0. The predicted molar refractivity (Wildman–Crippen MR) is 75.0 cm³/mol. The summed E-state index contributed by atoms with van der Waals surface area (Å²) in [6.45, 7) is 4.28. The Morgan fingerprint density at radius 3 is 2.45 bits per heavy atom. The minimum Gasteiger partial charge on any atom is -0.466 e. The van der Waals surface area contributed by atoms with Gasteiger partial charge in [0.2, 0.25) is 5.91 Å². The number of hydrogen-bond acceptors (Lipinski definition) is 3. The highest BCUT2D eigenvalue weighted by Gasteiger charge is 2.27. The summed E-state index contributed by atoms with van der Waals surface area (Å²) in [6.07, 6.45) is 5.86. The number of carbonyl (C=O) groups excluding carboxylic acids is 2. The number of piperidine rings is 1. The van der Waals surface area contributed by atoms with Crippen molar-refractivity contribution in [1.29, 1.82) is 0 Å². The molecule has 2 rings (SSSR count). The zero-order valence-corrected chi connectivity index (χ0v) is 12.0. The second kappa shape index (κ2) is 7.12. The van der Waals surface area contributed by atoms with Crippen LogP contribution < -0.4 is 0 Å². The molecule has 0 aromatic carbocycles. The predicted octanol–water partition coefficient (Wildman–Crippen LogP) is 1.68. The van der Waals surface area contributed by atoms with Crippen LogP contribution in [0.5, 0.6) is 0 Å². The molecule has 1 aromatic heterocycles. The van der Waals surface area contributed by atoms with Gasteiger partial charge in [-0.1, -0.05) is 0 Å². The van der Waals surface area contributed by atoms with Crippen LogP contribution >= 0.6 is 0 Å². The van der Waals surface area contributed by atoms with Crippen molar-refractivity contribution in [3.8, 4) is 0 Å². The fourth-order valence-corrected chi connectivity index (χ4v) is 2.53. The first-order valence-electron chi connectivity index (χ1n) is 7.26. The van der Waals surface area contributed by atoms with E-state index >= 15 is 0 Å². The first-order valence-corrected chi connectivity index (χ1v) is 7.26. The molecular formula is C15H22N2O3. The van der Waals surface area contributed by atoms with Gasteiger partial charge in [0.25, 0.3) is 0 Å². The van der Waals surface area contributed by atoms with Crippen LogP contribution in [-0.2, 0) is 20.9 Å². The zero-order valence-electron chi connectivity index (χ0n) is 12.0. The van der Waals surface area contributed by atoms with Gasteiger partial charge < -0.3 is 14.2 Å². The minimum absolute atomic E-state index is 0.0385. The van der Waals surface area contributed by atoms with Crippen LogP contribution in [0.1, 0.15) is 26.2 Å². The average molecular weight is 278 g/mol. The van der Waals surface area contributed by atoms with Crippen molar-refractivity contribution in [2.45, 2.75) is 32.7 Å². The molecule has 1 aliphatic heterocycles. The highest BCUT2D eigenvalue weighted by Crippen LogP contribution is 2.19. The van der Waals surface area contributed by atoms with E-state index in [0.29, 0.717) is 45.5 Å². The Morgan fingerprint density at radius 2 is 1.85 bits per heavy atom. The number of likely N-dealkylation sites (tertiary alicyclic amines) is 1. The molecule has 0 aliphatic carbocycles. The molecule has 0 atom stereocenters. The number of nitrogens with zero attached hydrogens (tertiary/aromatic N) is 2. The van der Waals surface area contributed by atoms with Gasteiger partial charge in [-0.2, -0.15) is 0 Å². The van der Waals surface area contributed by atoms with Gasteiger partial charge in [-0.25, -0.2) is 0 Å². The van der Waals surface area contributed by atoms with E-state index in [4.69, 9.17) is 4.74 Å². The summed E-state index contributed by atoms with van der Waals surface area (Å²) in [6, 6.07) is 3.91. The SMILES string of the molecule is CCOC(=O)C1CCN(C(=O)CCn2cccc2)CC1. The zero-order chi connectivity index (χ0) is 14.4. The summed E-state index contributed by atoms with van der Waals surface area (Å²) < 4.78 is 7.03. The van der Waals surface area contributed by atoms with Crippen molar-refractivity contribution < 1.29 is 14.3 Å². The smallest absolute Gasteiger partial charge is 0.309 e. The van der Waals surface area contributed by atoms with Crippen LogP contribution in [0.25, 0.3) is 0 Å². The Hall–Kier alpha value is -1.78. The van der Waals surface area contributed by atoms with E-state index < -0.39 is 0 Å². The molecular weight excluding hydrogens is 256 g/mol. The van der Waals surface area contributed by atoms with Gasteiger partial charge in [-0.15, -0.1) is 0 Å². The van der Waals surface area contributed by atoms with Gasteiger partial charge >= 0.3 is 5.97 Å². The lowest BCUT2D eigenvalue weighted by molar-refractivity contribution is -0.151. The number of carbonyl (C=O) groups is 2. The van der Waals surface area contributed by atoms with Gasteiger partial charge in [0.1, 0.15) is 0 Å². The summed E-state index contributed by atoms with van der Waals surface area (Å²) in [5.41, 5.74) is 0. The van der Waals surface area contributed by atoms with Crippen molar-refractivity contribution in [3.63, 3.8) is 0 Å². The van der Waals surface area contributed by atoms with E-state index in [1.54, 1.807) is 0 Å². The maximum Gasteiger partial charge on any atom is 0.309 e. The number of aryl methyl sites for hydroxylation is 1. The minimum atomic E-state index is -0.119. The third-order valence-corrected chi connectivity index (χ3v) is 3.72. The molecule has 0 saturated carbocycles. The van der Waals surface area contributed by atoms with Crippen LogP contribution in [0.3, 0.4) is 0 Å². The fraction of sp³-hybridized carbons (Fsp3) is 0.600. The van der Waals surface area contributed by atoms with E-state index in [-0.39, 0.29) is 17.8 Å². The van der Waals surface area contributed by atoms with Crippen LogP contribution in [0.2, 0.25) is 0 Å². The topological polar surface area (TPSA) is 51.5 Å². The number of ether oxygens (including phenoxy) is 1. The summed E-state index contributed by atoms with van der Waals surface area (Å²) in [7, 11) is 0. The largest absolute Gasteiger partial charge is 0.466 e. The first kappa shape index (κ1) is 14.6. The molecule has 1 aliphatic rings. The van der Waals surface area contributed by atoms with Gasteiger partial charge in [-0.3, -0.25) is 9.59 Å². The maximum absolute atomic E-state index is 12.1. The normalized spacial score (nSPS) is 16.1. The molecule has 110 valence electrons. The van der Waals surface area contributed by atoms with E-state index in [1.165, 1.54) is 0 Å². The Labute approximate surface area is 119 Å². The third-order valence-electron chi connectivity index (χ3n) is 3.72. The molecule has 1 fully saturated rings. The van der Waals surface area contributed by atoms with E-state index in [1.807, 2.05) is 40.9 Å². The maximum atomic E-state index is 12.1. The molecule has 0 bridgehead atoms. The van der Waals surface area contributed by atoms with Gasteiger partial charge in [-0.05, 0) is 31.9 Å². The highest BCUT2D eigenvalue weighted by molar-refractivity contribution is 5.77. The summed E-state index contributed by atoms with van der Waals surface area (Å²) in [5.74, 6) is 0.0106. The van der Waals surface area contributed by atoms with Gasteiger partial charge in [0.15, 0.2) is 0 Å². The third kappa shape index (κ3) is 3.85. The Balaban J connectivity index is 1.73. The molecule has 20 heavy (non-hydrogen) atoms. The summed E-state index contributed by atoms with van der Waals surface area (Å²) >= 11 is 0. The number of esters is 1. The number of aromatic nitrogens is 1. The Morgan fingerprint density at radius 1 is 1.20 bits per heavy atom. The summed E-state index contributed by atoms with van der Waals surface area (Å²) in [5, 5.41) is 0. The monoisotopic (exact) mass is 278 g/mol. The van der Waals surface area contributed by atoms with Gasteiger partial charge in [0, 0.05) is 38.4 Å². The second-order valence-corrected chi connectivity index (χ2v) is 5.08. The average Bonchev–Trinajstić information content (AvgIpc) is 2.98. The van der Waals surface area contributed by atoms with Crippen LogP contribution in [0.4, 0.5) is 0 Å². The standard InChI is InChI=1S/C15H22N2O3/c1-2-20-15(19)13-5-11-17(12-6-13)14(18)7-10-16-8-3-4-9-16/h3-4,8-9,13H,2,5-7,10-12H2,1H3. The molecule has 0 unspecified atom stereocenters. The van der Waals surface area contributed by atoms with Gasteiger partial charge in [0.05, 0.1) is 12.5 Å². The molecule has 2 heterocycles. The molecule has 1 amide bonds. The van der Waals surface area contributed by atoms with Crippen molar-refractivity contribution >= 4 is 11.9 Å². The van der Waals surface area contributed by atoms with Crippen LogP contribution in [0.15, 0.2) is 24.5 Å². The molecule has 5 heteroatoms. The molecule has 0 spiro atoms. The van der Waals surface area contributed by atoms with E-state index in [2.05, 4.69) is 0 Å². The molecule has 0 N–H and O–H groups in total. The molecule has 5 nitrogen and oxygen atoms in total. The Bertz CT molecular complexity index is 434. The van der Waals surface area contributed by atoms with Crippen molar-refractivity contribution in [1.82, 2.24) is 9.47 Å². The molecule has 1 saturated heterocycles. The highest BCUT2D eigenvalue weighted by atomic mass is 16.5. The lowest BCUT2D eigenvalue weighted by Crippen LogP contribution is -2.40. The quantitative estimate of drug-likeness (QED) is 0.770. The Kier molecular flexibility index (Phi) is 5.21. The second-order valence-electron chi connectivity index (χ2n) is 5.08. The fourth-order valence-electron chi connectivity index (χ4n) is 2.53. The summed E-state index contributed by atoms with van der Waals surface area (Å²) in [4.78, 5) is 25.6. The van der Waals surface area contributed by atoms with E-state index in [9.17, 15) is 9.59 Å². The van der Waals surface area contributed by atoms with Crippen LogP contribution in [0, 0.1) is 5.92 Å². The lowest BCUT2D eigenvalue weighted by atomic mass is 9.97. The van der Waals surface area contributed by atoms with E-state index in [0.717, 1.165) is 0 Å². The number of amides is 1. The first-order chi connectivity index (χ1) is 9.70. The lowest BCUT2D eigenvalue weighted by Gasteiger charge is -2.31.